The lowest BCUT2D eigenvalue weighted by molar-refractivity contribution is 0.198. The second kappa shape index (κ2) is 6.39. The number of aliphatic hydroxyl groups is 1. The summed E-state index contributed by atoms with van der Waals surface area (Å²) < 4.78 is 24.4. The first kappa shape index (κ1) is 14.3. The van der Waals surface area contributed by atoms with Crippen LogP contribution in [-0.4, -0.2) is 12.2 Å². The van der Waals surface area contributed by atoms with Crippen LogP contribution in [0.5, 0.6) is 11.5 Å². The predicted octanol–water partition coefficient (Wildman–Crippen LogP) is 3.47. The monoisotopic (exact) mass is 276 g/mol. The van der Waals surface area contributed by atoms with Crippen LogP contribution in [0.25, 0.3) is 0 Å². The van der Waals surface area contributed by atoms with Gasteiger partial charge in [0.25, 0.3) is 0 Å². The van der Waals surface area contributed by atoms with Crippen molar-refractivity contribution in [3.05, 3.63) is 59.4 Å². The molecule has 20 heavy (non-hydrogen) atoms. The Labute approximate surface area is 117 Å². The molecule has 0 aliphatic heterocycles. The van der Waals surface area contributed by atoms with E-state index in [4.69, 9.17) is 9.47 Å². The minimum atomic E-state index is -0.697. The fourth-order valence-electron chi connectivity index (χ4n) is 1.82. The maximum Gasteiger partial charge on any atom is 0.165 e. The van der Waals surface area contributed by atoms with E-state index in [1.807, 2.05) is 24.3 Å². The number of benzene rings is 2. The molecule has 1 atom stereocenters. The van der Waals surface area contributed by atoms with Crippen molar-refractivity contribution in [2.24, 2.45) is 0 Å². The van der Waals surface area contributed by atoms with Gasteiger partial charge >= 0.3 is 0 Å². The maximum absolute atomic E-state index is 13.8. The Hall–Kier alpha value is -2.07. The molecule has 0 spiro atoms. The van der Waals surface area contributed by atoms with E-state index in [9.17, 15) is 9.50 Å². The summed E-state index contributed by atoms with van der Waals surface area (Å²) in [5.74, 6) is 0.416. The summed E-state index contributed by atoms with van der Waals surface area (Å²) >= 11 is 0. The molecule has 0 fully saturated rings. The van der Waals surface area contributed by atoms with Crippen LogP contribution < -0.4 is 9.47 Å². The molecule has 0 saturated heterocycles. The number of methoxy groups -OCH3 is 1. The topological polar surface area (TPSA) is 38.7 Å². The van der Waals surface area contributed by atoms with Crippen molar-refractivity contribution in [2.75, 3.05) is 7.11 Å². The first-order valence-corrected chi connectivity index (χ1v) is 6.33. The molecule has 0 aromatic heterocycles. The molecule has 1 unspecified atom stereocenters. The molecule has 106 valence electrons. The molecule has 0 heterocycles. The van der Waals surface area contributed by atoms with Crippen molar-refractivity contribution in [1.29, 1.82) is 0 Å². The SMILES string of the molecule is COc1cccc(COc2ccc(C(C)O)cc2F)c1. The second-order valence-corrected chi connectivity index (χ2v) is 4.51. The van der Waals surface area contributed by atoms with Crippen molar-refractivity contribution in [3.63, 3.8) is 0 Å². The minimum Gasteiger partial charge on any atom is -0.497 e. The van der Waals surface area contributed by atoms with Crippen LogP contribution in [-0.2, 0) is 6.61 Å². The Morgan fingerprint density at radius 1 is 1.20 bits per heavy atom. The van der Waals surface area contributed by atoms with Crippen LogP contribution in [0.3, 0.4) is 0 Å². The van der Waals surface area contributed by atoms with Crippen LogP contribution in [0.15, 0.2) is 42.5 Å². The number of halogens is 1. The molecule has 0 aliphatic rings. The van der Waals surface area contributed by atoms with Crippen molar-refractivity contribution in [3.8, 4) is 11.5 Å². The van der Waals surface area contributed by atoms with Crippen molar-refractivity contribution in [1.82, 2.24) is 0 Å². The zero-order valence-electron chi connectivity index (χ0n) is 11.5. The van der Waals surface area contributed by atoms with Gasteiger partial charge in [-0.15, -0.1) is 0 Å². The van der Waals surface area contributed by atoms with Crippen LogP contribution in [0.1, 0.15) is 24.2 Å². The Bertz CT molecular complexity index is 582. The maximum atomic E-state index is 13.8. The third-order valence-corrected chi connectivity index (χ3v) is 2.97. The van der Waals surface area contributed by atoms with Crippen LogP contribution in [0.2, 0.25) is 0 Å². The van der Waals surface area contributed by atoms with Gasteiger partial charge in [-0.05, 0) is 42.3 Å². The highest BCUT2D eigenvalue weighted by molar-refractivity contribution is 5.32. The summed E-state index contributed by atoms with van der Waals surface area (Å²) in [6, 6.07) is 11.9. The largest absolute Gasteiger partial charge is 0.497 e. The molecule has 0 aliphatic carbocycles. The molecule has 2 aromatic rings. The minimum absolute atomic E-state index is 0.164. The van der Waals surface area contributed by atoms with Gasteiger partial charge in [0.2, 0.25) is 0 Å². The first-order valence-electron chi connectivity index (χ1n) is 6.33. The lowest BCUT2D eigenvalue weighted by Gasteiger charge is -2.10. The zero-order chi connectivity index (χ0) is 14.5. The van der Waals surface area contributed by atoms with E-state index < -0.39 is 11.9 Å². The molecular weight excluding hydrogens is 259 g/mol. The van der Waals surface area contributed by atoms with Crippen LogP contribution in [0, 0.1) is 5.82 Å². The highest BCUT2D eigenvalue weighted by Crippen LogP contribution is 2.23. The number of aliphatic hydroxyl groups excluding tert-OH is 1. The molecule has 4 heteroatoms. The van der Waals surface area contributed by atoms with Crippen LogP contribution in [0.4, 0.5) is 4.39 Å². The van der Waals surface area contributed by atoms with Crippen molar-refractivity contribution < 1.29 is 19.0 Å². The summed E-state index contributed by atoms with van der Waals surface area (Å²) in [6.07, 6.45) is -0.697. The van der Waals surface area contributed by atoms with Gasteiger partial charge in [0.15, 0.2) is 11.6 Å². The summed E-state index contributed by atoms with van der Waals surface area (Å²) in [7, 11) is 1.59. The Kier molecular flexibility index (Phi) is 4.58. The molecule has 3 nitrogen and oxygen atoms in total. The van der Waals surface area contributed by atoms with E-state index in [-0.39, 0.29) is 12.4 Å². The van der Waals surface area contributed by atoms with Crippen LogP contribution >= 0.6 is 0 Å². The first-order chi connectivity index (χ1) is 9.60. The van der Waals surface area contributed by atoms with Gasteiger partial charge in [0.05, 0.1) is 13.2 Å². The van der Waals surface area contributed by atoms with Crippen molar-refractivity contribution >= 4 is 0 Å². The number of ether oxygens (including phenoxy) is 2. The second-order valence-electron chi connectivity index (χ2n) is 4.51. The average Bonchev–Trinajstić information content (AvgIpc) is 2.46. The quantitative estimate of drug-likeness (QED) is 0.908. The third-order valence-electron chi connectivity index (χ3n) is 2.97. The third kappa shape index (κ3) is 3.48. The number of hydrogen-bond donors (Lipinski definition) is 1. The van der Waals surface area contributed by atoms with Gasteiger partial charge in [-0.1, -0.05) is 18.2 Å². The molecule has 0 saturated carbocycles. The molecular formula is C16H17FO3. The fourth-order valence-corrected chi connectivity index (χ4v) is 1.82. The van der Waals surface area contributed by atoms with E-state index in [1.54, 1.807) is 20.1 Å². The normalized spacial score (nSPS) is 12.0. The van der Waals surface area contributed by atoms with Crippen molar-refractivity contribution in [2.45, 2.75) is 19.6 Å². The van der Waals surface area contributed by atoms with E-state index >= 15 is 0 Å². The van der Waals surface area contributed by atoms with E-state index in [1.165, 1.54) is 12.1 Å². The molecule has 0 radical (unpaired) electrons. The summed E-state index contributed by atoms with van der Waals surface area (Å²) in [4.78, 5) is 0. The van der Waals surface area contributed by atoms with Gasteiger partial charge in [0.1, 0.15) is 12.4 Å². The summed E-state index contributed by atoms with van der Waals surface area (Å²) in [5, 5.41) is 9.38. The Balaban J connectivity index is 2.07. The van der Waals surface area contributed by atoms with E-state index in [0.29, 0.717) is 5.56 Å². The molecule has 1 N–H and O–H groups in total. The van der Waals surface area contributed by atoms with Gasteiger partial charge < -0.3 is 14.6 Å². The highest BCUT2D eigenvalue weighted by Gasteiger charge is 2.08. The molecule has 0 amide bonds. The van der Waals surface area contributed by atoms with E-state index in [0.717, 1.165) is 11.3 Å². The van der Waals surface area contributed by atoms with Gasteiger partial charge in [0, 0.05) is 0 Å². The van der Waals surface area contributed by atoms with Gasteiger partial charge in [-0.25, -0.2) is 4.39 Å². The Morgan fingerprint density at radius 2 is 2.00 bits per heavy atom. The Morgan fingerprint density at radius 3 is 2.65 bits per heavy atom. The number of rotatable bonds is 5. The zero-order valence-corrected chi connectivity index (χ0v) is 11.5. The summed E-state index contributed by atoms with van der Waals surface area (Å²) in [6.45, 7) is 1.84. The van der Waals surface area contributed by atoms with Gasteiger partial charge in [-0.3, -0.25) is 0 Å². The average molecular weight is 276 g/mol. The predicted molar refractivity (Wildman–Crippen MR) is 74.4 cm³/mol. The summed E-state index contributed by atoms with van der Waals surface area (Å²) in [5.41, 5.74) is 1.42. The molecule has 0 bridgehead atoms. The van der Waals surface area contributed by atoms with Gasteiger partial charge in [-0.2, -0.15) is 0 Å². The lowest BCUT2D eigenvalue weighted by atomic mass is 10.1. The van der Waals surface area contributed by atoms with E-state index in [2.05, 4.69) is 0 Å². The standard InChI is InChI=1S/C16H17FO3/c1-11(18)13-6-7-16(15(17)9-13)20-10-12-4-3-5-14(8-12)19-2/h3-9,11,18H,10H2,1-2H3. The molecule has 2 rings (SSSR count). The highest BCUT2D eigenvalue weighted by atomic mass is 19.1. The molecule has 2 aromatic carbocycles. The fraction of sp³-hybridized carbons (Fsp3) is 0.250. The smallest absolute Gasteiger partial charge is 0.165 e. The number of hydrogen-bond acceptors (Lipinski definition) is 3. The lowest BCUT2D eigenvalue weighted by Crippen LogP contribution is -1.99.